The van der Waals surface area contributed by atoms with E-state index in [2.05, 4.69) is 0 Å². The fraction of sp³-hybridized carbons (Fsp3) is 0.0909. The van der Waals surface area contributed by atoms with Crippen LogP contribution < -0.4 is 11.5 Å². The first-order valence-corrected chi connectivity index (χ1v) is 8.49. The molecule has 0 heterocycles. The van der Waals surface area contributed by atoms with Crippen molar-refractivity contribution in [3.05, 3.63) is 83.9 Å². The summed E-state index contributed by atoms with van der Waals surface area (Å²) in [5.41, 5.74) is 12.4. The Hall–Kier alpha value is -3.21. The van der Waals surface area contributed by atoms with Crippen LogP contribution in [-0.2, 0) is 0 Å². The summed E-state index contributed by atoms with van der Waals surface area (Å²) in [5.74, 6) is -1.92. The lowest BCUT2D eigenvalue weighted by Crippen LogP contribution is -2.24. The average Bonchev–Trinajstić information content (AvgIpc) is 2.64. The van der Waals surface area contributed by atoms with Crippen molar-refractivity contribution in [3.8, 4) is 0 Å². The second-order valence-corrected chi connectivity index (χ2v) is 6.55. The van der Waals surface area contributed by atoms with Crippen molar-refractivity contribution >= 4 is 32.9 Å². The lowest BCUT2D eigenvalue weighted by atomic mass is 9.83. The molecule has 4 N–H and O–H groups in total. The largest absolute Gasteiger partial charge is 0.399 e. The number of alkyl halides is 3. The SMILES string of the molecule is Nc1ccc2ccccc2c1C(c1c(N)ccc2ccccc12)C(F)(F)F. The molecule has 0 saturated heterocycles. The topological polar surface area (TPSA) is 52.0 Å². The van der Waals surface area contributed by atoms with Gasteiger partial charge in [0.1, 0.15) is 5.92 Å². The lowest BCUT2D eigenvalue weighted by molar-refractivity contribution is -0.140. The van der Waals surface area contributed by atoms with Crippen molar-refractivity contribution in [3.63, 3.8) is 0 Å². The molecule has 0 saturated carbocycles. The lowest BCUT2D eigenvalue weighted by Gasteiger charge is -2.26. The van der Waals surface area contributed by atoms with E-state index in [0.29, 0.717) is 21.5 Å². The van der Waals surface area contributed by atoms with Gasteiger partial charge in [0.2, 0.25) is 0 Å². The summed E-state index contributed by atoms with van der Waals surface area (Å²) in [5, 5.41) is 2.36. The van der Waals surface area contributed by atoms with E-state index in [4.69, 9.17) is 11.5 Å². The molecule has 0 aliphatic heterocycles. The molecule has 0 aromatic heterocycles. The summed E-state index contributed by atoms with van der Waals surface area (Å²) in [6.45, 7) is 0. The van der Waals surface area contributed by atoms with Crippen LogP contribution in [0.5, 0.6) is 0 Å². The summed E-state index contributed by atoms with van der Waals surface area (Å²) >= 11 is 0. The quantitative estimate of drug-likeness (QED) is 0.437. The van der Waals surface area contributed by atoms with Crippen LogP contribution in [0.2, 0.25) is 0 Å². The molecule has 0 atom stereocenters. The number of nitrogen functional groups attached to an aromatic ring is 2. The molecule has 0 fully saturated rings. The zero-order valence-electron chi connectivity index (χ0n) is 14.3. The number of anilines is 2. The monoisotopic (exact) mass is 366 g/mol. The maximum Gasteiger partial charge on any atom is 0.399 e. The Labute approximate surface area is 154 Å². The van der Waals surface area contributed by atoms with Crippen molar-refractivity contribution in [1.82, 2.24) is 0 Å². The first-order chi connectivity index (χ1) is 12.9. The van der Waals surface area contributed by atoms with Gasteiger partial charge in [-0.2, -0.15) is 13.2 Å². The van der Waals surface area contributed by atoms with Gasteiger partial charge in [0.25, 0.3) is 0 Å². The third-order valence-corrected chi connectivity index (χ3v) is 4.91. The molecule has 4 aromatic rings. The highest BCUT2D eigenvalue weighted by Gasteiger charge is 2.45. The number of halogens is 3. The first-order valence-electron chi connectivity index (χ1n) is 8.49. The Morgan fingerprint density at radius 3 is 1.41 bits per heavy atom. The van der Waals surface area contributed by atoms with E-state index in [0.717, 1.165) is 0 Å². The molecule has 2 nitrogen and oxygen atoms in total. The second kappa shape index (κ2) is 6.20. The van der Waals surface area contributed by atoms with Gasteiger partial charge < -0.3 is 11.5 Å². The first kappa shape index (κ1) is 17.2. The van der Waals surface area contributed by atoms with E-state index < -0.39 is 12.1 Å². The van der Waals surface area contributed by atoms with Gasteiger partial charge in [0, 0.05) is 11.4 Å². The highest BCUT2D eigenvalue weighted by molar-refractivity contribution is 5.95. The van der Waals surface area contributed by atoms with Crippen molar-refractivity contribution in [1.29, 1.82) is 0 Å². The van der Waals surface area contributed by atoms with E-state index in [1.54, 1.807) is 60.7 Å². The predicted octanol–water partition coefficient (Wildman–Crippen LogP) is 5.85. The third kappa shape index (κ3) is 2.85. The van der Waals surface area contributed by atoms with E-state index in [-0.39, 0.29) is 22.5 Å². The van der Waals surface area contributed by atoms with Crippen molar-refractivity contribution in [2.75, 3.05) is 11.5 Å². The molecule has 0 radical (unpaired) electrons. The Morgan fingerprint density at radius 2 is 1.00 bits per heavy atom. The summed E-state index contributed by atoms with van der Waals surface area (Å²) in [6, 6.07) is 20.4. The minimum absolute atomic E-state index is 0.0450. The fourth-order valence-corrected chi connectivity index (χ4v) is 3.74. The maximum absolute atomic E-state index is 14.4. The summed E-state index contributed by atoms with van der Waals surface area (Å²) in [7, 11) is 0. The zero-order chi connectivity index (χ0) is 19.2. The van der Waals surface area contributed by atoms with Gasteiger partial charge in [-0.3, -0.25) is 0 Å². The molecule has 136 valence electrons. The van der Waals surface area contributed by atoms with Crippen molar-refractivity contribution in [2.45, 2.75) is 12.1 Å². The Balaban J connectivity index is 2.13. The Kier molecular flexibility index (Phi) is 3.95. The molecule has 0 amide bonds. The molecule has 0 bridgehead atoms. The summed E-state index contributed by atoms with van der Waals surface area (Å²) in [6.07, 6.45) is -4.56. The fourth-order valence-electron chi connectivity index (χ4n) is 3.74. The van der Waals surface area contributed by atoms with Crippen molar-refractivity contribution < 1.29 is 13.2 Å². The standard InChI is InChI=1S/C22H17F3N2/c23-22(24,25)21(19-15-7-3-1-5-13(15)9-11-17(19)26)20-16-8-4-2-6-14(16)10-12-18(20)27/h1-12,21H,26-27H2. The summed E-state index contributed by atoms with van der Waals surface area (Å²) < 4.78 is 43.2. The van der Waals surface area contributed by atoms with Crippen LogP contribution >= 0.6 is 0 Å². The number of nitrogens with two attached hydrogens (primary N) is 2. The number of benzene rings is 4. The molecule has 27 heavy (non-hydrogen) atoms. The molecular weight excluding hydrogens is 349 g/mol. The molecule has 4 rings (SSSR count). The molecule has 5 heteroatoms. The third-order valence-electron chi connectivity index (χ3n) is 4.91. The molecular formula is C22H17F3N2. The second-order valence-electron chi connectivity index (χ2n) is 6.55. The molecule has 0 aliphatic carbocycles. The van der Waals surface area contributed by atoms with Crippen molar-refractivity contribution in [2.24, 2.45) is 0 Å². The maximum atomic E-state index is 14.4. The minimum Gasteiger partial charge on any atom is -0.398 e. The van der Waals surface area contributed by atoms with Crippen LogP contribution in [0.25, 0.3) is 21.5 Å². The summed E-state index contributed by atoms with van der Waals surface area (Å²) in [4.78, 5) is 0. The van der Waals surface area contributed by atoms with Gasteiger partial charge >= 0.3 is 6.18 Å². The van der Waals surface area contributed by atoms with Gasteiger partial charge in [-0.1, -0.05) is 60.7 Å². The van der Waals surface area contributed by atoms with E-state index in [1.165, 1.54) is 12.1 Å². The van der Waals surface area contributed by atoms with Crippen LogP contribution in [0, 0.1) is 0 Å². The van der Waals surface area contributed by atoms with Gasteiger partial charge in [-0.25, -0.2) is 0 Å². The smallest absolute Gasteiger partial charge is 0.398 e. The number of fused-ring (bicyclic) bond motifs is 2. The molecule has 0 unspecified atom stereocenters. The molecule has 0 aliphatic rings. The van der Waals surface area contributed by atoms with E-state index in [1.807, 2.05) is 0 Å². The molecule has 0 spiro atoms. The van der Waals surface area contributed by atoms with Gasteiger partial charge in [-0.05, 0) is 44.8 Å². The van der Waals surface area contributed by atoms with Crippen LogP contribution in [-0.4, -0.2) is 6.18 Å². The number of hydrogen-bond donors (Lipinski definition) is 2. The van der Waals surface area contributed by atoms with Crippen LogP contribution in [0.3, 0.4) is 0 Å². The predicted molar refractivity (Wildman–Crippen MR) is 105 cm³/mol. The van der Waals surface area contributed by atoms with Crippen LogP contribution in [0.1, 0.15) is 17.0 Å². The number of rotatable bonds is 2. The Bertz CT molecular complexity index is 1060. The van der Waals surface area contributed by atoms with Gasteiger partial charge in [0.05, 0.1) is 0 Å². The zero-order valence-corrected chi connectivity index (χ0v) is 14.3. The van der Waals surface area contributed by atoms with Crippen LogP contribution in [0.15, 0.2) is 72.8 Å². The normalized spacial score (nSPS) is 12.1. The highest BCUT2D eigenvalue weighted by atomic mass is 19.4. The van der Waals surface area contributed by atoms with Gasteiger partial charge in [-0.15, -0.1) is 0 Å². The highest BCUT2D eigenvalue weighted by Crippen LogP contribution is 2.48. The average molecular weight is 366 g/mol. The van der Waals surface area contributed by atoms with E-state index >= 15 is 0 Å². The van der Waals surface area contributed by atoms with Gasteiger partial charge in [0.15, 0.2) is 0 Å². The van der Waals surface area contributed by atoms with Crippen LogP contribution in [0.4, 0.5) is 24.5 Å². The van der Waals surface area contributed by atoms with E-state index in [9.17, 15) is 13.2 Å². The minimum atomic E-state index is -4.56. The molecule has 4 aromatic carbocycles. The Morgan fingerprint density at radius 1 is 0.593 bits per heavy atom. The number of hydrogen-bond acceptors (Lipinski definition) is 2.